The summed E-state index contributed by atoms with van der Waals surface area (Å²) in [5.74, 6) is 0.369. The lowest BCUT2D eigenvalue weighted by molar-refractivity contribution is 0.233. The Bertz CT molecular complexity index is 135. The molecule has 0 rings (SSSR count). The van der Waals surface area contributed by atoms with E-state index in [1.54, 1.807) is 11.7 Å². The molecule has 0 aliphatic heterocycles. The first-order valence-electron chi connectivity index (χ1n) is 2.90. The van der Waals surface area contributed by atoms with Crippen LogP contribution in [0.4, 0.5) is 0 Å². The maximum absolute atomic E-state index is 8.17. The van der Waals surface area contributed by atoms with Gasteiger partial charge < -0.3 is 0 Å². The molecule has 0 aliphatic carbocycles. The van der Waals surface area contributed by atoms with Crippen molar-refractivity contribution in [2.24, 2.45) is 11.0 Å². The average Bonchev–Trinajstić information content (AvgIpc) is 1.87. The molecule has 0 heterocycles. The number of thiocarbonyl (C=S) groups is 1. The quantitative estimate of drug-likeness (QED) is 0.313. The van der Waals surface area contributed by atoms with Gasteiger partial charge in [0.25, 0.3) is 0 Å². The van der Waals surface area contributed by atoms with Crippen molar-refractivity contribution >= 4 is 23.5 Å². The lowest BCUT2D eigenvalue weighted by Gasteiger charge is -1.98. The normalized spacial score (nSPS) is 10.4. The fraction of sp³-hybridized carbons (Fsp3) is 0.600. The lowest BCUT2D eigenvalue weighted by atomic mass is 10.3. The topological polar surface area (TPSA) is 56.7 Å². The first-order chi connectivity index (χ1) is 4.66. The molecule has 0 unspecified atom stereocenters. The van der Waals surface area contributed by atoms with E-state index in [1.165, 1.54) is 0 Å². The molecule has 58 valence electrons. The van der Waals surface area contributed by atoms with Gasteiger partial charge in [-0.15, -0.1) is 0 Å². The maximum atomic E-state index is 8.17. The number of nitrogens with zero attached hydrogens (tertiary/aromatic N) is 1. The number of hydroxylamine groups is 1. The van der Waals surface area contributed by atoms with Gasteiger partial charge in [0.1, 0.15) is 0 Å². The number of hydrogen-bond donors (Lipinski definition) is 3. The molecule has 0 saturated heterocycles. The highest BCUT2D eigenvalue weighted by Gasteiger charge is 1.86. The molecule has 0 fully saturated rings. The van der Waals surface area contributed by atoms with E-state index in [4.69, 9.17) is 5.21 Å². The van der Waals surface area contributed by atoms with Crippen molar-refractivity contribution in [2.75, 3.05) is 0 Å². The van der Waals surface area contributed by atoms with Gasteiger partial charge in [0.05, 0.1) is 0 Å². The molecule has 0 aliphatic rings. The fourth-order valence-corrected chi connectivity index (χ4v) is 0.323. The third-order valence-electron chi connectivity index (χ3n) is 0.640. The summed E-state index contributed by atoms with van der Waals surface area (Å²) in [5, 5.41) is 12.0. The third-order valence-corrected chi connectivity index (χ3v) is 0.823. The molecule has 0 amide bonds. The van der Waals surface area contributed by atoms with Gasteiger partial charge in [-0.2, -0.15) is 5.10 Å². The molecule has 0 aromatic carbocycles. The summed E-state index contributed by atoms with van der Waals surface area (Å²) in [6, 6.07) is 0. The third kappa shape index (κ3) is 5.46. The second kappa shape index (κ2) is 5.13. The molecule has 3 N–H and O–H groups in total. The van der Waals surface area contributed by atoms with Crippen LogP contribution in [0.3, 0.4) is 0 Å². The van der Waals surface area contributed by atoms with Gasteiger partial charge in [-0.25, -0.2) is 5.48 Å². The summed E-state index contributed by atoms with van der Waals surface area (Å²) < 4.78 is 0. The Morgan fingerprint density at radius 1 is 1.70 bits per heavy atom. The zero-order valence-corrected chi connectivity index (χ0v) is 6.77. The van der Waals surface area contributed by atoms with Gasteiger partial charge in [0.2, 0.25) is 5.11 Å². The zero-order chi connectivity index (χ0) is 7.98. The first-order valence-corrected chi connectivity index (χ1v) is 3.31. The number of rotatable bonds is 2. The standard InChI is InChI=1S/C5H11N3OS/c1-4(2)3-6-7-5(10)8-9/h3-4,9H,1-2H3,(H2,7,8,10)/b6-3+. The number of hydrazone groups is 1. The molecular weight excluding hydrogens is 150 g/mol. The molecule has 0 radical (unpaired) electrons. The molecule has 0 saturated carbocycles. The minimum Gasteiger partial charge on any atom is -0.289 e. The van der Waals surface area contributed by atoms with Crippen LogP contribution < -0.4 is 10.9 Å². The van der Waals surface area contributed by atoms with Crippen molar-refractivity contribution in [3.63, 3.8) is 0 Å². The van der Waals surface area contributed by atoms with Gasteiger partial charge in [0.15, 0.2) is 0 Å². The SMILES string of the molecule is CC(C)/C=N/NC(=S)NO. The van der Waals surface area contributed by atoms with E-state index in [0.717, 1.165) is 0 Å². The largest absolute Gasteiger partial charge is 0.289 e. The summed E-state index contributed by atoms with van der Waals surface area (Å²) in [4.78, 5) is 0. The van der Waals surface area contributed by atoms with Gasteiger partial charge in [-0.1, -0.05) is 13.8 Å². The summed E-state index contributed by atoms with van der Waals surface area (Å²) >= 11 is 4.52. The van der Waals surface area contributed by atoms with Crippen molar-refractivity contribution in [3.8, 4) is 0 Å². The van der Waals surface area contributed by atoms with E-state index >= 15 is 0 Å². The van der Waals surface area contributed by atoms with Gasteiger partial charge in [-0.05, 0) is 18.1 Å². The van der Waals surface area contributed by atoms with E-state index in [2.05, 4.69) is 22.7 Å². The van der Waals surface area contributed by atoms with Crippen LogP contribution in [0.1, 0.15) is 13.8 Å². The Kier molecular flexibility index (Phi) is 4.78. The highest BCUT2D eigenvalue weighted by atomic mass is 32.1. The van der Waals surface area contributed by atoms with Crippen LogP contribution >= 0.6 is 12.2 Å². The van der Waals surface area contributed by atoms with Crippen LogP contribution in [0.2, 0.25) is 0 Å². The molecule has 0 atom stereocenters. The maximum Gasteiger partial charge on any atom is 0.210 e. The smallest absolute Gasteiger partial charge is 0.210 e. The summed E-state index contributed by atoms with van der Waals surface area (Å²) in [5.41, 5.74) is 4.15. The fourth-order valence-electron chi connectivity index (χ4n) is 0.270. The Morgan fingerprint density at radius 3 is 2.70 bits per heavy atom. The summed E-state index contributed by atoms with van der Waals surface area (Å²) in [6.45, 7) is 3.97. The number of nitrogens with one attached hydrogen (secondary N) is 2. The predicted molar refractivity (Wildman–Crippen MR) is 44.0 cm³/mol. The van der Waals surface area contributed by atoms with Crippen molar-refractivity contribution in [1.29, 1.82) is 0 Å². The second-order valence-corrected chi connectivity index (χ2v) is 2.48. The predicted octanol–water partition coefficient (Wildman–Crippen LogP) is 0.481. The van der Waals surface area contributed by atoms with Crippen LogP contribution in [-0.4, -0.2) is 16.5 Å². The van der Waals surface area contributed by atoms with Gasteiger partial charge in [-0.3, -0.25) is 10.6 Å². The minimum absolute atomic E-state index is 0.0944. The zero-order valence-electron chi connectivity index (χ0n) is 5.96. The molecule has 0 bridgehead atoms. The lowest BCUT2D eigenvalue weighted by Crippen LogP contribution is -2.29. The van der Waals surface area contributed by atoms with Crippen LogP contribution in [0.25, 0.3) is 0 Å². The summed E-state index contributed by atoms with van der Waals surface area (Å²) in [7, 11) is 0. The second-order valence-electron chi connectivity index (χ2n) is 2.07. The molecule has 0 aromatic heterocycles. The Labute approximate surface area is 65.3 Å². The van der Waals surface area contributed by atoms with Crippen molar-refractivity contribution in [3.05, 3.63) is 0 Å². The molecule has 5 heteroatoms. The van der Waals surface area contributed by atoms with Crippen molar-refractivity contribution in [2.45, 2.75) is 13.8 Å². The number of hydrogen-bond acceptors (Lipinski definition) is 3. The average molecular weight is 161 g/mol. The molecule has 10 heavy (non-hydrogen) atoms. The van der Waals surface area contributed by atoms with E-state index in [1.807, 2.05) is 13.8 Å². The van der Waals surface area contributed by atoms with Crippen LogP contribution in [0.5, 0.6) is 0 Å². The monoisotopic (exact) mass is 161 g/mol. The molecule has 0 spiro atoms. The molecule has 0 aromatic rings. The van der Waals surface area contributed by atoms with Crippen LogP contribution in [0, 0.1) is 5.92 Å². The first kappa shape index (κ1) is 9.32. The molecular formula is C5H11N3OS. The van der Waals surface area contributed by atoms with E-state index in [-0.39, 0.29) is 5.11 Å². The van der Waals surface area contributed by atoms with Gasteiger partial charge in [0, 0.05) is 6.21 Å². The highest BCUT2D eigenvalue weighted by Crippen LogP contribution is 1.82. The Morgan fingerprint density at radius 2 is 2.30 bits per heavy atom. The van der Waals surface area contributed by atoms with E-state index < -0.39 is 0 Å². The van der Waals surface area contributed by atoms with Gasteiger partial charge >= 0.3 is 0 Å². The van der Waals surface area contributed by atoms with Crippen LogP contribution in [-0.2, 0) is 0 Å². The highest BCUT2D eigenvalue weighted by molar-refractivity contribution is 7.80. The minimum atomic E-state index is 0.0944. The Balaban J connectivity index is 3.43. The van der Waals surface area contributed by atoms with Crippen molar-refractivity contribution in [1.82, 2.24) is 10.9 Å². The molecule has 4 nitrogen and oxygen atoms in total. The van der Waals surface area contributed by atoms with Crippen LogP contribution in [0.15, 0.2) is 5.10 Å². The summed E-state index contributed by atoms with van der Waals surface area (Å²) in [6.07, 6.45) is 1.68. The van der Waals surface area contributed by atoms with E-state index in [9.17, 15) is 0 Å². The van der Waals surface area contributed by atoms with E-state index in [0.29, 0.717) is 5.92 Å². The van der Waals surface area contributed by atoms with Crippen molar-refractivity contribution < 1.29 is 5.21 Å². The Hall–Kier alpha value is -0.680.